The molecule has 0 heterocycles. The Morgan fingerprint density at radius 2 is 2.00 bits per heavy atom. The van der Waals surface area contributed by atoms with Gasteiger partial charge >= 0.3 is 0 Å². The molecule has 0 unspecified atom stereocenters. The quantitative estimate of drug-likeness (QED) is 0.519. The second kappa shape index (κ2) is 7.99. The Morgan fingerprint density at radius 3 is 2.61 bits per heavy atom. The second-order valence-electron chi connectivity index (χ2n) is 6.09. The van der Waals surface area contributed by atoms with Gasteiger partial charge in [-0.15, -0.1) is 0 Å². The average Bonchev–Trinajstić information content (AvgIpc) is 3.34. The number of ketones is 1. The number of methoxy groups -OCH3 is 1. The molecule has 1 aromatic rings. The molecule has 5 nitrogen and oxygen atoms in total. The Hall–Kier alpha value is -2.04. The van der Waals surface area contributed by atoms with Crippen molar-refractivity contribution in [1.29, 1.82) is 0 Å². The van der Waals surface area contributed by atoms with Crippen LogP contribution in [0, 0.1) is 5.92 Å². The predicted molar refractivity (Wildman–Crippen MR) is 88.1 cm³/mol. The van der Waals surface area contributed by atoms with E-state index in [2.05, 4.69) is 0 Å². The van der Waals surface area contributed by atoms with Crippen molar-refractivity contribution < 1.29 is 19.1 Å². The normalized spacial score (nSPS) is 13.5. The van der Waals surface area contributed by atoms with E-state index in [0.29, 0.717) is 42.4 Å². The summed E-state index contributed by atoms with van der Waals surface area (Å²) in [6.07, 6.45) is 3.64. The fourth-order valence-corrected chi connectivity index (χ4v) is 2.39. The van der Waals surface area contributed by atoms with Gasteiger partial charge in [0.15, 0.2) is 17.3 Å². The van der Waals surface area contributed by atoms with Gasteiger partial charge in [0.2, 0.25) is 5.91 Å². The van der Waals surface area contributed by atoms with Gasteiger partial charge in [-0.25, -0.2) is 0 Å². The van der Waals surface area contributed by atoms with Gasteiger partial charge in [-0.1, -0.05) is 0 Å². The molecule has 1 aliphatic carbocycles. The molecule has 2 rings (SSSR count). The van der Waals surface area contributed by atoms with Crippen molar-refractivity contribution >= 4 is 11.7 Å². The summed E-state index contributed by atoms with van der Waals surface area (Å²) in [4.78, 5) is 25.2. The molecule has 5 heteroatoms. The summed E-state index contributed by atoms with van der Waals surface area (Å²) >= 11 is 0. The van der Waals surface area contributed by atoms with Crippen LogP contribution in [0.2, 0.25) is 0 Å². The van der Waals surface area contributed by atoms with E-state index in [1.165, 1.54) is 19.8 Å². The first kappa shape index (κ1) is 17.3. The largest absolute Gasteiger partial charge is 0.493 e. The number of amides is 1. The summed E-state index contributed by atoms with van der Waals surface area (Å²) < 4.78 is 10.9. The summed E-state index contributed by atoms with van der Waals surface area (Å²) in [6.45, 7) is 2.83. The molecule has 0 spiro atoms. The molecule has 126 valence electrons. The zero-order valence-electron chi connectivity index (χ0n) is 14.1. The molecule has 0 aromatic heterocycles. The highest BCUT2D eigenvalue weighted by Crippen LogP contribution is 2.30. The Bertz CT molecular complexity index is 566. The van der Waals surface area contributed by atoms with Gasteiger partial charge in [0.1, 0.15) is 0 Å². The van der Waals surface area contributed by atoms with E-state index in [-0.39, 0.29) is 11.7 Å². The van der Waals surface area contributed by atoms with Crippen molar-refractivity contribution in [2.75, 3.05) is 27.3 Å². The lowest BCUT2D eigenvalue weighted by molar-refractivity contribution is -0.130. The third-order valence-corrected chi connectivity index (χ3v) is 4.02. The van der Waals surface area contributed by atoms with E-state index < -0.39 is 0 Å². The van der Waals surface area contributed by atoms with E-state index >= 15 is 0 Å². The van der Waals surface area contributed by atoms with Crippen molar-refractivity contribution in [3.05, 3.63) is 23.8 Å². The minimum Gasteiger partial charge on any atom is -0.493 e. The highest BCUT2D eigenvalue weighted by atomic mass is 16.5. The lowest BCUT2D eigenvalue weighted by Crippen LogP contribution is -2.28. The predicted octanol–water partition coefficient (Wildman–Crippen LogP) is 2.93. The van der Waals surface area contributed by atoms with Crippen molar-refractivity contribution in [3.8, 4) is 11.5 Å². The summed E-state index contributed by atoms with van der Waals surface area (Å²) in [7, 11) is 3.41. The van der Waals surface area contributed by atoms with Gasteiger partial charge in [-0.2, -0.15) is 0 Å². The maximum Gasteiger partial charge on any atom is 0.222 e. The van der Waals surface area contributed by atoms with Crippen LogP contribution in [0.15, 0.2) is 18.2 Å². The van der Waals surface area contributed by atoms with E-state index in [1.54, 1.807) is 25.3 Å². The molecule has 1 saturated carbocycles. The monoisotopic (exact) mass is 319 g/mol. The van der Waals surface area contributed by atoms with E-state index in [4.69, 9.17) is 9.47 Å². The number of Topliss-reactive ketones (excluding diaryl/α,β-unsaturated/α-hetero) is 1. The van der Waals surface area contributed by atoms with Gasteiger partial charge in [-0.05, 0) is 50.3 Å². The first-order valence-corrected chi connectivity index (χ1v) is 8.07. The standard InChI is InChI=1S/C18H25NO4/c1-13(20)15-8-9-16(17(11-15)22-3)23-10-4-5-18(21)19(2)12-14-6-7-14/h8-9,11,14H,4-7,10,12H2,1-3H3. The van der Waals surface area contributed by atoms with Gasteiger partial charge in [0.05, 0.1) is 13.7 Å². The minimum absolute atomic E-state index is 0.0147. The molecule has 1 fully saturated rings. The summed E-state index contributed by atoms with van der Waals surface area (Å²) in [5.41, 5.74) is 0.589. The van der Waals surface area contributed by atoms with E-state index in [0.717, 1.165) is 6.54 Å². The maximum atomic E-state index is 12.0. The number of carbonyl (C=O) groups is 2. The number of rotatable bonds is 9. The molecule has 1 aromatic carbocycles. The first-order valence-electron chi connectivity index (χ1n) is 8.07. The van der Waals surface area contributed by atoms with Crippen LogP contribution in [0.5, 0.6) is 11.5 Å². The zero-order chi connectivity index (χ0) is 16.8. The van der Waals surface area contributed by atoms with Crippen molar-refractivity contribution in [1.82, 2.24) is 4.90 Å². The van der Waals surface area contributed by atoms with Gasteiger partial charge in [-0.3, -0.25) is 9.59 Å². The zero-order valence-corrected chi connectivity index (χ0v) is 14.1. The topological polar surface area (TPSA) is 55.8 Å². The molecule has 0 bridgehead atoms. The maximum absolute atomic E-state index is 12.0. The number of carbonyl (C=O) groups excluding carboxylic acids is 2. The highest BCUT2D eigenvalue weighted by molar-refractivity contribution is 5.94. The molecule has 23 heavy (non-hydrogen) atoms. The second-order valence-corrected chi connectivity index (χ2v) is 6.09. The lowest BCUT2D eigenvalue weighted by atomic mass is 10.1. The molecular formula is C18H25NO4. The van der Waals surface area contributed by atoms with Crippen LogP contribution in [0.1, 0.15) is 43.0 Å². The molecule has 0 saturated heterocycles. The molecule has 1 aliphatic rings. The summed E-state index contributed by atoms with van der Waals surface area (Å²) in [6, 6.07) is 5.12. The number of benzene rings is 1. The lowest BCUT2D eigenvalue weighted by Gasteiger charge is -2.17. The van der Waals surface area contributed by atoms with E-state index in [1.807, 2.05) is 11.9 Å². The van der Waals surface area contributed by atoms with Crippen LogP contribution in [-0.2, 0) is 4.79 Å². The molecule has 0 atom stereocenters. The molecule has 0 radical (unpaired) electrons. The minimum atomic E-state index is -0.0147. The fraction of sp³-hybridized carbons (Fsp3) is 0.556. The summed E-state index contributed by atoms with van der Waals surface area (Å²) in [5, 5.41) is 0. The number of hydrogen-bond donors (Lipinski definition) is 0. The smallest absolute Gasteiger partial charge is 0.222 e. The van der Waals surface area contributed by atoms with Crippen LogP contribution >= 0.6 is 0 Å². The van der Waals surface area contributed by atoms with Crippen LogP contribution in [0.25, 0.3) is 0 Å². The third-order valence-electron chi connectivity index (χ3n) is 4.02. The van der Waals surface area contributed by atoms with Crippen LogP contribution < -0.4 is 9.47 Å². The number of ether oxygens (including phenoxy) is 2. The number of hydrogen-bond acceptors (Lipinski definition) is 4. The molecule has 0 aliphatic heterocycles. The van der Waals surface area contributed by atoms with Crippen molar-refractivity contribution in [3.63, 3.8) is 0 Å². The fourth-order valence-electron chi connectivity index (χ4n) is 2.39. The third kappa shape index (κ3) is 5.27. The Labute approximate surface area is 137 Å². The van der Waals surface area contributed by atoms with Crippen molar-refractivity contribution in [2.45, 2.75) is 32.6 Å². The number of nitrogens with zero attached hydrogens (tertiary/aromatic N) is 1. The highest BCUT2D eigenvalue weighted by Gasteiger charge is 2.24. The van der Waals surface area contributed by atoms with Crippen molar-refractivity contribution in [2.24, 2.45) is 5.92 Å². The summed E-state index contributed by atoms with van der Waals surface area (Å²) in [5.74, 6) is 1.99. The Kier molecular flexibility index (Phi) is 6.02. The molecule has 1 amide bonds. The SMILES string of the molecule is COc1cc(C(C)=O)ccc1OCCCC(=O)N(C)CC1CC1. The Morgan fingerprint density at radius 1 is 1.26 bits per heavy atom. The van der Waals surface area contributed by atoms with Crippen LogP contribution in [0.3, 0.4) is 0 Å². The first-order chi connectivity index (χ1) is 11.0. The van der Waals surface area contributed by atoms with Gasteiger partial charge < -0.3 is 14.4 Å². The van der Waals surface area contributed by atoms with Gasteiger partial charge in [0, 0.05) is 25.6 Å². The average molecular weight is 319 g/mol. The molecule has 0 N–H and O–H groups in total. The van der Waals surface area contributed by atoms with Crippen LogP contribution in [-0.4, -0.2) is 43.9 Å². The molecular weight excluding hydrogens is 294 g/mol. The van der Waals surface area contributed by atoms with Crippen LogP contribution in [0.4, 0.5) is 0 Å². The van der Waals surface area contributed by atoms with E-state index in [9.17, 15) is 9.59 Å². The van der Waals surface area contributed by atoms with Gasteiger partial charge in [0.25, 0.3) is 0 Å². The Balaban J connectivity index is 1.77.